The molecule has 0 radical (unpaired) electrons. The van der Waals surface area contributed by atoms with Crippen molar-refractivity contribution in [2.75, 3.05) is 6.54 Å². The van der Waals surface area contributed by atoms with E-state index in [0.717, 1.165) is 11.3 Å². The molecule has 2 N–H and O–H groups in total. The Balaban J connectivity index is 2.89. The van der Waals surface area contributed by atoms with Gasteiger partial charge in [-0.3, -0.25) is 14.4 Å². The van der Waals surface area contributed by atoms with Gasteiger partial charge in [0.05, 0.1) is 12.2 Å². The van der Waals surface area contributed by atoms with Gasteiger partial charge in [0.15, 0.2) is 0 Å². The van der Waals surface area contributed by atoms with E-state index in [2.05, 4.69) is 5.10 Å². The molecule has 0 atom stereocenters. The van der Waals surface area contributed by atoms with E-state index < -0.39 is 0 Å². The first kappa shape index (κ1) is 14.0. The number of hydrogen-bond acceptors (Lipinski definition) is 3. The van der Waals surface area contributed by atoms with Crippen LogP contribution in [-0.2, 0) is 18.4 Å². The highest BCUT2D eigenvalue weighted by Gasteiger charge is 2.18. The lowest BCUT2D eigenvalue weighted by atomic mass is 10.2. The number of primary amides is 1. The van der Waals surface area contributed by atoms with E-state index in [1.165, 1.54) is 0 Å². The Morgan fingerprint density at radius 2 is 2.18 bits per heavy atom. The quantitative estimate of drug-likeness (QED) is 0.860. The number of nitrogens with two attached hydrogens (primary N) is 1. The SMILES string of the molecule is Cc1nn(C)c(Cl)c1CN(CC(N)=O)C(C)C. The van der Waals surface area contributed by atoms with Crippen molar-refractivity contribution in [3.8, 4) is 0 Å². The lowest BCUT2D eigenvalue weighted by molar-refractivity contribution is -0.119. The third kappa shape index (κ3) is 3.44. The van der Waals surface area contributed by atoms with Crippen molar-refractivity contribution < 1.29 is 4.79 Å². The maximum atomic E-state index is 11.0. The number of rotatable bonds is 5. The number of carbonyl (C=O) groups excluding carboxylic acids is 1. The summed E-state index contributed by atoms with van der Waals surface area (Å²) in [4.78, 5) is 13.0. The Hall–Kier alpha value is -1.07. The molecule has 1 amide bonds. The number of hydrogen-bond donors (Lipinski definition) is 1. The molecule has 0 unspecified atom stereocenters. The number of carbonyl (C=O) groups is 1. The van der Waals surface area contributed by atoms with Crippen molar-refractivity contribution in [3.63, 3.8) is 0 Å². The molecule has 0 spiro atoms. The van der Waals surface area contributed by atoms with Crippen LogP contribution in [0.2, 0.25) is 5.15 Å². The van der Waals surface area contributed by atoms with Gasteiger partial charge >= 0.3 is 0 Å². The van der Waals surface area contributed by atoms with Gasteiger partial charge in [-0.15, -0.1) is 0 Å². The number of aryl methyl sites for hydroxylation is 2. The Labute approximate surface area is 107 Å². The first-order valence-electron chi connectivity index (χ1n) is 5.53. The first-order valence-corrected chi connectivity index (χ1v) is 5.91. The maximum absolute atomic E-state index is 11.0. The van der Waals surface area contributed by atoms with Gasteiger partial charge in [-0.05, 0) is 20.8 Å². The summed E-state index contributed by atoms with van der Waals surface area (Å²) in [6.45, 7) is 6.75. The molecule has 1 aromatic rings. The summed E-state index contributed by atoms with van der Waals surface area (Å²) in [6.07, 6.45) is 0. The molecule has 1 aromatic heterocycles. The minimum Gasteiger partial charge on any atom is -0.369 e. The van der Waals surface area contributed by atoms with Gasteiger partial charge in [0, 0.05) is 25.2 Å². The molecular formula is C11H19ClN4O. The van der Waals surface area contributed by atoms with Crippen LogP contribution in [0.1, 0.15) is 25.1 Å². The van der Waals surface area contributed by atoms with E-state index in [-0.39, 0.29) is 18.5 Å². The Morgan fingerprint density at radius 1 is 1.59 bits per heavy atom. The molecule has 1 rings (SSSR count). The van der Waals surface area contributed by atoms with E-state index in [1.807, 2.05) is 25.7 Å². The fraction of sp³-hybridized carbons (Fsp3) is 0.636. The summed E-state index contributed by atoms with van der Waals surface area (Å²) in [7, 11) is 1.80. The van der Waals surface area contributed by atoms with Crippen molar-refractivity contribution in [1.29, 1.82) is 0 Å². The predicted octanol–water partition coefficient (Wildman–Crippen LogP) is 1.08. The second kappa shape index (κ2) is 5.51. The molecule has 0 aliphatic rings. The van der Waals surface area contributed by atoms with Gasteiger partial charge in [-0.1, -0.05) is 11.6 Å². The Bertz CT molecular complexity index is 414. The zero-order valence-electron chi connectivity index (χ0n) is 10.7. The summed E-state index contributed by atoms with van der Waals surface area (Å²) >= 11 is 6.16. The van der Waals surface area contributed by atoms with Crippen LogP contribution in [0.15, 0.2) is 0 Å². The average Bonchev–Trinajstić information content (AvgIpc) is 2.43. The first-order chi connectivity index (χ1) is 7.82. The fourth-order valence-corrected chi connectivity index (χ4v) is 1.91. The lowest BCUT2D eigenvalue weighted by Gasteiger charge is -2.24. The smallest absolute Gasteiger partial charge is 0.231 e. The van der Waals surface area contributed by atoms with Gasteiger partial charge in [-0.25, -0.2) is 0 Å². The fourth-order valence-electron chi connectivity index (χ4n) is 1.68. The normalized spacial score (nSPS) is 11.5. The molecule has 0 aliphatic carbocycles. The van der Waals surface area contributed by atoms with Crippen LogP contribution in [0, 0.1) is 6.92 Å². The second-order valence-corrected chi connectivity index (χ2v) is 4.80. The highest BCUT2D eigenvalue weighted by molar-refractivity contribution is 6.30. The van der Waals surface area contributed by atoms with Gasteiger partial charge in [0.1, 0.15) is 5.15 Å². The highest BCUT2D eigenvalue weighted by Crippen LogP contribution is 2.21. The topological polar surface area (TPSA) is 64.2 Å². The summed E-state index contributed by atoms with van der Waals surface area (Å²) < 4.78 is 1.63. The highest BCUT2D eigenvalue weighted by atomic mass is 35.5. The second-order valence-electron chi connectivity index (χ2n) is 4.44. The third-order valence-corrected chi connectivity index (χ3v) is 3.19. The molecule has 0 aliphatic heterocycles. The van der Waals surface area contributed by atoms with Crippen LogP contribution in [-0.4, -0.2) is 33.2 Å². The lowest BCUT2D eigenvalue weighted by Crippen LogP contribution is -2.38. The average molecular weight is 259 g/mol. The molecule has 0 saturated carbocycles. The van der Waals surface area contributed by atoms with E-state index in [4.69, 9.17) is 17.3 Å². The van der Waals surface area contributed by atoms with Crippen molar-refractivity contribution in [3.05, 3.63) is 16.4 Å². The number of nitrogens with zero attached hydrogens (tertiary/aromatic N) is 3. The van der Waals surface area contributed by atoms with E-state index in [0.29, 0.717) is 11.7 Å². The summed E-state index contributed by atoms with van der Waals surface area (Å²) in [5, 5.41) is 4.85. The number of halogens is 1. The summed E-state index contributed by atoms with van der Waals surface area (Å²) in [6, 6.07) is 0.221. The largest absolute Gasteiger partial charge is 0.369 e. The zero-order chi connectivity index (χ0) is 13.2. The van der Waals surface area contributed by atoms with Gasteiger partial charge in [-0.2, -0.15) is 5.10 Å². The van der Waals surface area contributed by atoms with Crippen LogP contribution in [0.4, 0.5) is 0 Å². The Morgan fingerprint density at radius 3 is 2.53 bits per heavy atom. The minimum atomic E-state index is -0.337. The van der Waals surface area contributed by atoms with Crippen LogP contribution in [0.5, 0.6) is 0 Å². The van der Waals surface area contributed by atoms with Crippen LogP contribution in [0.3, 0.4) is 0 Å². The predicted molar refractivity (Wildman–Crippen MR) is 67.7 cm³/mol. The maximum Gasteiger partial charge on any atom is 0.231 e. The molecule has 1 heterocycles. The Kier molecular flexibility index (Phi) is 4.54. The molecule has 0 bridgehead atoms. The summed E-state index contributed by atoms with van der Waals surface area (Å²) in [5.41, 5.74) is 7.06. The van der Waals surface area contributed by atoms with Crippen molar-refractivity contribution >= 4 is 17.5 Å². The molecule has 0 fully saturated rings. The molecule has 17 heavy (non-hydrogen) atoms. The summed E-state index contributed by atoms with van der Waals surface area (Å²) in [5.74, 6) is -0.337. The molecule has 0 saturated heterocycles. The molecule has 5 nitrogen and oxygen atoms in total. The van der Waals surface area contributed by atoms with Crippen LogP contribution < -0.4 is 5.73 Å². The van der Waals surface area contributed by atoms with Gasteiger partial charge < -0.3 is 5.73 Å². The van der Waals surface area contributed by atoms with Crippen molar-refractivity contribution in [1.82, 2.24) is 14.7 Å². The third-order valence-electron chi connectivity index (χ3n) is 2.72. The number of amides is 1. The molecule has 0 aromatic carbocycles. The molecule has 96 valence electrons. The van der Waals surface area contributed by atoms with Gasteiger partial charge in [0.2, 0.25) is 5.91 Å². The number of aromatic nitrogens is 2. The molecule has 6 heteroatoms. The van der Waals surface area contributed by atoms with Crippen LogP contribution >= 0.6 is 11.6 Å². The van der Waals surface area contributed by atoms with E-state index >= 15 is 0 Å². The standard InChI is InChI=1S/C11H19ClN4O/c1-7(2)16(6-10(13)17)5-9-8(3)14-15(4)11(9)12/h7H,5-6H2,1-4H3,(H2,13,17). The zero-order valence-corrected chi connectivity index (χ0v) is 11.5. The van der Waals surface area contributed by atoms with E-state index in [9.17, 15) is 4.79 Å². The van der Waals surface area contributed by atoms with Crippen LogP contribution in [0.25, 0.3) is 0 Å². The van der Waals surface area contributed by atoms with Gasteiger partial charge in [0.25, 0.3) is 0 Å². The van der Waals surface area contributed by atoms with Crippen molar-refractivity contribution in [2.24, 2.45) is 12.8 Å². The minimum absolute atomic E-state index is 0.221. The monoisotopic (exact) mass is 258 g/mol. The molecular weight excluding hydrogens is 240 g/mol. The van der Waals surface area contributed by atoms with Crippen molar-refractivity contribution in [2.45, 2.75) is 33.4 Å². The van der Waals surface area contributed by atoms with E-state index in [1.54, 1.807) is 11.7 Å².